The van der Waals surface area contributed by atoms with Crippen molar-refractivity contribution in [2.45, 2.75) is 39.5 Å². The third-order valence-corrected chi connectivity index (χ3v) is 4.74. The minimum atomic E-state index is -0.453. The van der Waals surface area contributed by atoms with E-state index in [2.05, 4.69) is 5.10 Å². The Labute approximate surface area is 139 Å². The lowest BCUT2D eigenvalue weighted by molar-refractivity contribution is -0.386. The topological polar surface area (TPSA) is 99.7 Å². The van der Waals surface area contributed by atoms with Crippen molar-refractivity contribution in [1.82, 2.24) is 14.7 Å². The molecule has 1 amide bonds. The highest BCUT2D eigenvalue weighted by Crippen LogP contribution is 2.26. The van der Waals surface area contributed by atoms with Gasteiger partial charge in [-0.1, -0.05) is 0 Å². The summed E-state index contributed by atoms with van der Waals surface area (Å²) in [5, 5.41) is 15.2. The highest BCUT2D eigenvalue weighted by molar-refractivity contribution is 5.76. The molecule has 9 heteroatoms. The number of carbonyl (C=O) groups excluding carboxylic acids is 1. The number of hydrogen-bond donors (Lipinski definition) is 0. The van der Waals surface area contributed by atoms with E-state index in [1.165, 1.54) is 4.68 Å². The van der Waals surface area contributed by atoms with Crippen molar-refractivity contribution >= 4 is 11.6 Å². The van der Waals surface area contributed by atoms with Gasteiger partial charge in [-0.05, 0) is 26.7 Å². The molecular weight excluding hydrogens is 316 g/mol. The zero-order chi connectivity index (χ0) is 17.3. The summed E-state index contributed by atoms with van der Waals surface area (Å²) in [4.78, 5) is 24.8. The number of nitrogens with zero attached hydrogens (tertiary/aromatic N) is 4. The first-order valence-corrected chi connectivity index (χ1v) is 8.16. The average Bonchev–Trinajstić information content (AvgIpc) is 3.16. The molecule has 0 N–H and O–H groups in total. The zero-order valence-corrected chi connectivity index (χ0v) is 13.9. The summed E-state index contributed by atoms with van der Waals surface area (Å²) in [6.07, 6.45) is 1.54. The van der Waals surface area contributed by atoms with E-state index in [9.17, 15) is 14.9 Å². The number of aryl methyl sites for hydroxylation is 1. The Morgan fingerprint density at radius 3 is 2.46 bits per heavy atom. The molecule has 1 aromatic heterocycles. The molecule has 0 radical (unpaired) electrons. The van der Waals surface area contributed by atoms with Crippen LogP contribution in [0.25, 0.3) is 0 Å². The normalized spacial score (nSPS) is 19.8. The van der Waals surface area contributed by atoms with Crippen LogP contribution < -0.4 is 0 Å². The number of aromatic nitrogens is 2. The molecule has 3 heterocycles. The van der Waals surface area contributed by atoms with E-state index in [-0.39, 0.29) is 24.4 Å². The summed E-state index contributed by atoms with van der Waals surface area (Å²) >= 11 is 0. The fourth-order valence-electron chi connectivity index (χ4n) is 3.40. The Kier molecular flexibility index (Phi) is 4.81. The van der Waals surface area contributed by atoms with Crippen molar-refractivity contribution in [2.75, 3.05) is 26.3 Å². The van der Waals surface area contributed by atoms with Crippen molar-refractivity contribution in [3.05, 3.63) is 21.5 Å². The Bertz CT molecular complexity index is 630. The summed E-state index contributed by atoms with van der Waals surface area (Å²) in [7, 11) is 0. The quantitative estimate of drug-likeness (QED) is 0.600. The lowest BCUT2D eigenvalue weighted by atomic mass is 9.96. The van der Waals surface area contributed by atoms with Gasteiger partial charge < -0.3 is 14.4 Å². The van der Waals surface area contributed by atoms with Crippen LogP contribution in [0.2, 0.25) is 0 Å². The van der Waals surface area contributed by atoms with Gasteiger partial charge in [0.25, 0.3) is 0 Å². The Morgan fingerprint density at radius 2 is 1.92 bits per heavy atom. The fraction of sp³-hybridized carbons (Fsp3) is 0.733. The Balaban J connectivity index is 1.58. The van der Waals surface area contributed by atoms with Crippen LogP contribution in [0.4, 0.5) is 5.69 Å². The number of hydrogen-bond acceptors (Lipinski definition) is 6. The van der Waals surface area contributed by atoms with Gasteiger partial charge in [0.15, 0.2) is 6.29 Å². The standard InChI is InChI=1S/C15H22N4O5/c1-10-14(19(21)22)11(2)18(16-10)9-13(20)17-5-3-12(4-6-17)15-23-7-8-24-15/h12,15H,3-9H2,1-2H3. The van der Waals surface area contributed by atoms with Gasteiger partial charge in [0.05, 0.1) is 18.1 Å². The van der Waals surface area contributed by atoms with Crippen LogP contribution in [-0.4, -0.2) is 58.1 Å². The molecule has 1 aromatic rings. The highest BCUT2D eigenvalue weighted by atomic mass is 16.7. The average molecular weight is 338 g/mol. The second-order valence-corrected chi connectivity index (χ2v) is 6.26. The van der Waals surface area contributed by atoms with Crippen molar-refractivity contribution in [2.24, 2.45) is 5.92 Å². The first kappa shape index (κ1) is 16.8. The summed E-state index contributed by atoms with van der Waals surface area (Å²) in [6, 6.07) is 0. The van der Waals surface area contributed by atoms with E-state index in [1.807, 2.05) is 0 Å². The van der Waals surface area contributed by atoms with E-state index >= 15 is 0 Å². The molecule has 0 saturated carbocycles. The lowest BCUT2D eigenvalue weighted by Gasteiger charge is -2.33. The monoisotopic (exact) mass is 338 g/mol. The Hall–Kier alpha value is -2.00. The number of carbonyl (C=O) groups is 1. The first-order chi connectivity index (χ1) is 11.5. The van der Waals surface area contributed by atoms with Gasteiger partial charge in [-0.25, -0.2) is 0 Å². The molecule has 24 heavy (non-hydrogen) atoms. The lowest BCUT2D eigenvalue weighted by Crippen LogP contribution is -2.43. The van der Waals surface area contributed by atoms with E-state index in [0.29, 0.717) is 43.6 Å². The maximum Gasteiger partial charge on any atom is 0.312 e. The molecule has 0 bridgehead atoms. The summed E-state index contributed by atoms with van der Waals surface area (Å²) in [5.74, 6) is 0.258. The molecule has 2 aliphatic heterocycles. The van der Waals surface area contributed by atoms with Crippen molar-refractivity contribution in [1.29, 1.82) is 0 Å². The second-order valence-electron chi connectivity index (χ2n) is 6.26. The molecule has 3 rings (SSSR count). The smallest absolute Gasteiger partial charge is 0.312 e. The van der Waals surface area contributed by atoms with Crippen LogP contribution in [0, 0.1) is 29.9 Å². The van der Waals surface area contributed by atoms with Crippen molar-refractivity contribution in [3.8, 4) is 0 Å². The minimum absolute atomic E-state index is 0.0166. The van der Waals surface area contributed by atoms with Gasteiger partial charge >= 0.3 is 5.69 Å². The number of rotatable bonds is 4. The van der Waals surface area contributed by atoms with Gasteiger partial charge in [0, 0.05) is 19.0 Å². The molecule has 0 aliphatic carbocycles. The number of piperidine rings is 1. The van der Waals surface area contributed by atoms with Crippen molar-refractivity contribution in [3.63, 3.8) is 0 Å². The van der Waals surface area contributed by atoms with Gasteiger partial charge in [-0.15, -0.1) is 0 Å². The molecule has 2 saturated heterocycles. The zero-order valence-electron chi connectivity index (χ0n) is 13.9. The molecule has 132 valence electrons. The molecule has 2 fully saturated rings. The molecule has 2 aliphatic rings. The second kappa shape index (κ2) is 6.86. The number of nitro groups is 1. The maximum atomic E-state index is 12.5. The van der Waals surface area contributed by atoms with Crippen LogP contribution in [0.15, 0.2) is 0 Å². The SMILES string of the molecule is Cc1nn(CC(=O)N2CCC(C3OCCO3)CC2)c(C)c1[N+](=O)[O-]. The molecule has 0 unspecified atom stereocenters. The highest BCUT2D eigenvalue weighted by Gasteiger charge is 2.32. The number of ether oxygens (including phenoxy) is 2. The van der Waals surface area contributed by atoms with E-state index < -0.39 is 4.92 Å². The van der Waals surface area contributed by atoms with E-state index in [0.717, 1.165) is 12.8 Å². The van der Waals surface area contributed by atoms with Crippen LogP contribution in [-0.2, 0) is 20.8 Å². The largest absolute Gasteiger partial charge is 0.350 e. The van der Waals surface area contributed by atoms with Crippen LogP contribution in [0.3, 0.4) is 0 Å². The first-order valence-electron chi connectivity index (χ1n) is 8.16. The van der Waals surface area contributed by atoms with Crippen LogP contribution >= 0.6 is 0 Å². The molecule has 0 spiro atoms. The van der Waals surface area contributed by atoms with E-state index in [1.54, 1.807) is 18.7 Å². The van der Waals surface area contributed by atoms with E-state index in [4.69, 9.17) is 9.47 Å². The third-order valence-electron chi connectivity index (χ3n) is 4.74. The van der Waals surface area contributed by atoms with Crippen molar-refractivity contribution < 1.29 is 19.2 Å². The van der Waals surface area contributed by atoms with Crippen LogP contribution in [0.5, 0.6) is 0 Å². The predicted octanol–water partition coefficient (Wildman–Crippen LogP) is 1.02. The third kappa shape index (κ3) is 3.27. The van der Waals surface area contributed by atoms with Gasteiger partial charge in [0.1, 0.15) is 17.9 Å². The fourth-order valence-corrected chi connectivity index (χ4v) is 3.40. The summed E-state index contributed by atoms with van der Waals surface area (Å²) in [6.45, 7) is 5.80. The summed E-state index contributed by atoms with van der Waals surface area (Å²) < 4.78 is 12.5. The van der Waals surface area contributed by atoms with Gasteiger partial charge in [-0.3, -0.25) is 19.6 Å². The van der Waals surface area contributed by atoms with Gasteiger partial charge in [0.2, 0.25) is 5.91 Å². The molecule has 0 atom stereocenters. The minimum Gasteiger partial charge on any atom is -0.350 e. The number of amides is 1. The molecule has 9 nitrogen and oxygen atoms in total. The number of likely N-dealkylation sites (tertiary alicyclic amines) is 1. The molecular formula is C15H22N4O5. The predicted molar refractivity (Wildman–Crippen MR) is 83.4 cm³/mol. The van der Waals surface area contributed by atoms with Gasteiger partial charge in [-0.2, -0.15) is 5.10 Å². The maximum absolute atomic E-state index is 12.5. The Morgan fingerprint density at radius 1 is 1.29 bits per heavy atom. The van der Waals surface area contributed by atoms with Crippen LogP contribution in [0.1, 0.15) is 24.2 Å². The molecule has 0 aromatic carbocycles. The summed E-state index contributed by atoms with van der Waals surface area (Å²) in [5.41, 5.74) is 0.727.